The predicted octanol–water partition coefficient (Wildman–Crippen LogP) is 3.43. The highest BCUT2D eigenvalue weighted by molar-refractivity contribution is 7.92. The Labute approximate surface area is 252 Å². The van der Waals surface area contributed by atoms with Crippen LogP contribution in [0.4, 0.5) is 14.6 Å². The Hall–Kier alpha value is -4.49. The summed E-state index contributed by atoms with van der Waals surface area (Å²) in [6.07, 6.45) is 1.23. The van der Waals surface area contributed by atoms with E-state index in [1.165, 1.54) is 36.4 Å². The second-order valence-electron chi connectivity index (χ2n) is 10.9. The van der Waals surface area contributed by atoms with Crippen LogP contribution in [-0.2, 0) is 19.4 Å². The Kier molecular flexibility index (Phi) is 7.54. The maximum atomic E-state index is 15.8. The number of fused-ring (bicyclic) bond motifs is 1. The molecule has 2 aromatic heterocycles. The third kappa shape index (κ3) is 4.85. The lowest BCUT2D eigenvalue weighted by atomic mass is 10.1. The predicted molar refractivity (Wildman–Crippen MR) is 161 cm³/mol. The van der Waals surface area contributed by atoms with Crippen LogP contribution >= 0.6 is 0 Å². The number of ether oxygens (including phenoxy) is 1. The molecule has 0 N–H and O–H groups in total. The molecule has 2 aromatic carbocycles. The Bertz CT molecular complexity index is 1990. The van der Waals surface area contributed by atoms with Gasteiger partial charge in [-0.25, -0.2) is 31.5 Å². The number of nitrogens with zero attached hydrogens (tertiary/aromatic N) is 5. The van der Waals surface area contributed by atoms with E-state index < -0.39 is 32.4 Å². The molecule has 0 aliphatic carbocycles. The Morgan fingerprint density at radius 2 is 1.82 bits per heavy atom. The van der Waals surface area contributed by atoms with Gasteiger partial charge in [-0.1, -0.05) is 30.8 Å². The number of aromatic nitrogens is 3. The van der Waals surface area contributed by atoms with Gasteiger partial charge in [0.15, 0.2) is 15.5 Å². The maximum Gasteiger partial charge on any atom is 0.355 e. The number of hydrogen-bond donors (Lipinski definition) is 0. The molecule has 10 nitrogen and oxygen atoms in total. The number of hydrogen-bond acceptors (Lipinski definition) is 8. The van der Waals surface area contributed by atoms with Crippen molar-refractivity contribution < 1.29 is 26.7 Å². The van der Waals surface area contributed by atoms with Gasteiger partial charge in [-0.05, 0) is 49.8 Å². The molecule has 0 bridgehead atoms. The highest BCUT2D eigenvalue weighted by Gasteiger charge is 2.37. The van der Waals surface area contributed by atoms with Crippen molar-refractivity contribution in [1.29, 1.82) is 0 Å². The fourth-order valence-electron chi connectivity index (χ4n) is 5.69. The van der Waals surface area contributed by atoms with Crippen molar-refractivity contribution in [2.75, 3.05) is 37.7 Å². The minimum Gasteiger partial charge on any atom is -0.379 e. The molecule has 1 amide bonds. The van der Waals surface area contributed by atoms with Crippen LogP contribution in [0.15, 0.2) is 70.9 Å². The number of anilines is 1. The van der Waals surface area contributed by atoms with Crippen LogP contribution in [0.1, 0.15) is 12.5 Å². The number of sulfone groups is 1. The third-order valence-electron chi connectivity index (χ3n) is 8.09. The molecule has 2 aliphatic rings. The van der Waals surface area contributed by atoms with Crippen molar-refractivity contribution in [1.82, 2.24) is 19.4 Å². The highest BCUT2D eigenvalue weighted by Crippen LogP contribution is 2.35. The Balaban J connectivity index is 1.64. The van der Waals surface area contributed by atoms with Gasteiger partial charge in [0, 0.05) is 31.2 Å². The number of benzene rings is 2. The van der Waals surface area contributed by atoms with Gasteiger partial charge in [0.2, 0.25) is 5.91 Å². The van der Waals surface area contributed by atoms with Crippen molar-refractivity contribution in [2.45, 2.75) is 30.0 Å². The number of rotatable bonds is 6. The summed E-state index contributed by atoms with van der Waals surface area (Å²) in [7, 11) is -3.95. The monoisotopic (exact) mass is 621 g/mol. The molecule has 0 spiro atoms. The van der Waals surface area contributed by atoms with Gasteiger partial charge in [0.1, 0.15) is 28.4 Å². The van der Waals surface area contributed by atoms with E-state index >= 15 is 4.39 Å². The van der Waals surface area contributed by atoms with E-state index in [0.29, 0.717) is 18.7 Å². The second kappa shape index (κ2) is 11.2. The van der Waals surface area contributed by atoms with Gasteiger partial charge in [0.05, 0.1) is 29.2 Å². The SMILES string of the molecule is C=CC(=O)N1CCN(c2nc(=O)n(-c3c(C)cccc3S(=O)(=O)C3COC3)c3nc(-c4ccccc4F)c(F)cc23)[C@@H](C)C1. The molecule has 2 fully saturated rings. The first-order chi connectivity index (χ1) is 21.0. The number of amides is 1. The van der Waals surface area contributed by atoms with E-state index in [2.05, 4.69) is 16.5 Å². The van der Waals surface area contributed by atoms with Gasteiger partial charge in [-0.3, -0.25) is 4.79 Å². The fraction of sp³-hybridized carbons (Fsp3) is 0.290. The maximum absolute atomic E-state index is 15.8. The van der Waals surface area contributed by atoms with Crippen molar-refractivity contribution in [3.8, 4) is 16.9 Å². The molecule has 44 heavy (non-hydrogen) atoms. The largest absolute Gasteiger partial charge is 0.379 e. The van der Waals surface area contributed by atoms with Gasteiger partial charge in [0.25, 0.3) is 0 Å². The average Bonchev–Trinajstić information content (AvgIpc) is 2.96. The molecular formula is C31H29F2N5O5S. The molecule has 4 aromatic rings. The van der Waals surface area contributed by atoms with E-state index in [4.69, 9.17) is 4.74 Å². The molecule has 228 valence electrons. The van der Waals surface area contributed by atoms with Crippen LogP contribution in [-0.4, -0.2) is 77.9 Å². The van der Waals surface area contributed by atoms with Crippen LogP contribution < -0.4 is 10.6 Å². The summed E-state index contributed by atoms with van der Waals surface area (Å²) < 4.78 is 64.3. The Morgan fingerprint density at radius 3 is 2.48 bits per heavy atom. The summed E-state index contributed by atoms with van der Waals surface area (Å²) in [6, 6.07) is 11.0. The average molecular weight is 622 g/mol. The van der Waals surface area contributed by atoms with Gasteiger partial charge >= 0.3 is 5.69 Å². The van der Waals surface area contributed by atoms with E-state index in [9.17, 15) is 22.4 Å². The Morgan fingerprint density at radius 1 is 1.07 bits per heavy atom. The van der Waals surface area contributed by atoms with E-state index in [1.54, 1.807) is 28.9 Å². The minimum absolute atomic E-state index is 0.0155. The molecule has 2 saturated heterocycles. The number of carbonyl (C=O) groups excluding carboxylic acids is 1. The molecule has 4 heterocycles. The number of carbonyl (C=O) groups is 1. The zero-order valence-corrected chi connectivity index (χ0v) is 24.9. The van der Waals surface area contributed by atoms with Crippen molar-refractivity contribution in [2.24, 2.45) is 0 Å². The molecule has 13 heteroatoms. The summed E-state index contributed by atoms with van der Waals surface area (Å²) in [5, 5.41) is -0.678. The highest BCUT2D eigenvalue weighted by atomic mass is 32.2. The lowest BCUT2D eigenvalue weighted by molar-refractivity contribution is -0.126. The number of para-hydroxylation sites is 1. The molecule has 0 unspecified atom stereocenters. The smallest absolute Gasteiger partial charge is 0.355 e. The van der Waals surface area contributed by atoms with Crippen LogP contribution in [0.25, 0.3) is 28.0 Å². The van der Waals surface area contributed by atoms with Crippen molar-refractivity contribution in [3.05, 3.63) is 88.9 Å². The fourth-order valence-corrected chi connectivity index (χ4v) is 7.39. The number of halogens is 2. The van der Waals surface area contributed by atoms with E-state index in [1.807, 2.05) is 6.92 Å². The van der Waals surface area contributed by atoms with Crippen LogP contribution in [0, 0.1) is 18.6 Å². The molecule has 1 atom stereocenters. The topological polar surface area (TPSA) is 115 Å². The minimum atomic E-state index is -3.95. The van der Waals surface area contributed by atoms with Crippen molar-refractivity contribution >= 4 is 32.6 Å². The van der Waals surface area contributed by atoms with Crippen molar-refractivity contribution in [3.63, 3.8) is 0 Å². The van der Waals surface area contributed by atoms with Crippen LogP contribution in [0.5, 0.6) is 0 Å². The van der Waals surface area contributed by atoms with Gasteiger partial charge in [-0.15, -0.1) is 0 Å². The molecular weight excluding hydrogens is 592 g/mol. The molecule has 0 radical (unpaired) electrons. The van der Waals surface area contributed by atoms with E-state index in [-0.39, 0.29) is 70.4 Å². The van der Waals surface area contributed by atoms with Gasteiger partial charge < -0.3 is 14.5 Å². The summed E-state index contributed by atoms with van der Waals surface area (Å²) in [4.78, 5) is 38.4. The lowest BCUT2D eigenvalue weighted by Gasteiger charge is -2.40. The summed E-state index contributed by atoms with van der Waals surface area (Å²) in [6.45, 7) is 7.93. The van der Waals surface area contributed by atoms with Crippen LogP contribution in [0.2, 0.25) is 0 Å². The molecule has 0 saturated carbocycles. The number of pyridine rings is 1. The van der Waals surface area contributed by atoms with Crippen LogP contribution in [0.3, 0.4) is 0 Å². The standard InChI is InChI=1S/C31H29F2N5O5S/c1-4-26(39)36-12-13-37(19(3)15-36)29-22-14-24(33)27(21-9-5-6-10-23(21)32)34-30(22)38(31(40)35-29)28-18(2)8-7-11-25(28)44(41,42)20-16-43-17-20/h4-11,14,19-20H,1,12-13,15-17H2,2-3H3/t19-/m0/s1. The lowest BCUT2D eigenvalue weighted by Crippen LogP contribution is -2.54. The summed E-state index contributed by atoms with van der Waals surface area (Å²) >= 11 is 0. The summed E-state index contributed by atoms with van der Waals surface area (Å²) in [5.41, 5.74) is -0.945. The quantitative estimate of drug-likeness (QED) is 0.301. The van der Waals surface area contributed by atoms with E-state index in [0.717, 1.165) is 10.6 Å². The first kappa shape index (κ1) is 29.6. The van der Waals surface area contributed by atoms with Gasteiger partial charge in [-0.2, -0.15) is 4.98 Å². The molecule has 6 rings (SSSR count). The zero-order valence-electron chi connectivity index (χ0n) is 24.0. The first-order valence-corrected chi connectivity index (χ1v) is 15.6. The summed E-state index contributed by atoms with van der Waals surface area (Å²) in [5.74, 6) is -1.69. The second-order valence-corrected chi connectivity index (χ2v) is 13.1. The number of aryl methyl sites for hydroxylation is 1. The zero-order chi connectivity index (χ0) is 31.3. The molecule has 2 aliphatic heterocycles. The number of piperazine rings is 1. The normalized spacial score (nSPS) is 17.5. The third-order valence-corrected chi connectivity index (χ3v) is 10.2. The first-order valence-electron chi connectivity index (χ1n) is 14.0.